The summed E-state index contributed by atoms with van der Waals surface area (Å²) in [5.41, 5.74) is 0. The molecule has 0 amide bonds. The molecule has 0 saturated carbocycles. The second-order valence-corrected chi connectivity index (χ2v) is 5.63. The Balaban J connectivity index is 2.01. The highest BCUT2D eigenvalue weighted by Gasteiger charge is 2.24. The monoisotopic (exact) mass is 267 g/mol. The van der Waals surface area contributed by atoms with Crippen molar-refractivity contribution in [2.45, 2.75) is 6.23 Å². The van der Waals surface area contributed by atoms with Gasteiger partial charge in [0.25, 0.3) is 0 Å². The van der Waals surface area contributed by atoms with Gasteiger partial charge in [-0.25, -0.2) is 5.01 Å². The lowest BCUT2D eigenvalue weighted by atomic mass is 10.4. The molecule has 100 valence electrons. The number of nitrogens with zero attached hydrogens (tertiary/aromatic N) is 3. The molecule has 2 rings (SSSR count). The maximum absolute atomic E-state index is 6.05. The first-order chi connectivity index (χ1) is 8.68. The molecule has 18 heavy (non-hydrogen) atoms. The predicted octanol–water partition coefficient (Wildman–Crippen LogP) is 2.00. The normalized spacial score (nSPS) is 17.9. The SMILES string of the molecule is CN(C)CCOC(c1cccs1)N1C=CCN1C. The number of likely N-dealkylation sites (N-methyl/N-ethyl adjacent to an activating group) is 2. The van der Waals surface area contributed by atoms with Crippen molar-refractivity contribution in [3.63, 3.8) is 0 Å². The Hall–Kier alpha value is -0.880. The number of ether oxygens (including phenoxy) is 1. The van der Waals surface area contributed by atoms with Crippen LogP contribution in [0.25, 0.3) is 0 Å². The summed E-state index contributed by atoms with van der Waals surface area (Å²) >= 11 is 1.74. The molecule has 0 radical (unpaired) electrons. The fourth-order valence-corrected chi connectivity index (χ4v) is 2.60. The van der Waals surface area contributed by atoms with Crippen LogP contribution in [0, 0.1) is 0 Å². The van der Waals surface area contributed by atoms with Gasteiger partial charge in [0.2, 0.25) is 0 Å². The molecule has 0 aromatic carbocycles. The van der Waals surface area contributed by atoms with Crippen LogP contribution in [-0.4, -0.2) is 55.8 Å². The average molecular weight is 267 g/mol. The van der Waals surface area contributed by atoms with Crippen molar-refractivity contribution in [3.8, 4) is 0 Å². The first-order valence-electron chi connectivity index (χ1n) is 6.14. The molecular formula is C13H21N3OS. The Kier molecular flexibility index (Phi) is 4.77. The van der Waals surface area contributed by atoms with E-state index in [-0.39, 0.29) is 6.23 Å². The van der Waals surface area contributed by atoms with Crippen molar-refractivity contribution < 1.29 is 4.74 Å². The largest absolute Gasteiger partial charge is 0.350 e. The van der Waals surface area contributed by atoms with Gasteiger partial charge in [0.05, 0.1) is 11.5 Å². The summed E-state index contributed by atoms with van der Waals surface area (Å²) in [6.07, 6.45) is 4.24. The summed E-state index contributed by atoms with van der Waals surface area (Å²) in [6.45, 7) is 2.61. The molecule has 2 heterocycles. The fourth-order valence-electron chi connectivity index (χ4n) is 1.84. The van der Waals surface area contributed by atoms with Crippen molar-refractivity contribution in [3.05, 3.63) is 34.7 Å². The van der Waals surface area contributed by atoms with Gasteiger partial charge in [-0.2, -0.15) is 0 Å². The van der Waals surface area contributed by atoms with Gasteiger partial charge in [-0.15, -0.1) is 11.3 Å². The van der Waals surface area contributed by atoms with Crippen LogP contribution in [0.5, 0.6) is 0 Å². The minimum absolute atomic E-state index is 0.00583. The quantitative estimate of drug-likeness (QED) is 0.784. The van der Waals surface area contributed by atoms with Crippen molar-refractivity contribution in [1.82, 2.24) is 14.9 Å². The van der Waals surface area contributed by atoms with Crippen LogP contribution >= 0.6 is 11.3 Å². The average Bonchev–Trinajstić information content (AvgIpc) is 2.96. The molecule has 4 nitrogen and oxygen atoms in total. The van der Waals surface area contributed by atoms with Crippen molar-refractivity contribution >= 4 is 11.3 Å². The number of rotatable bonds is 6. The molecular weight excluding hydrogens is 246 g/mol. The third kappa shape index (κ3) is 3.32. The van der Waals surface area contributed by atoms with Crippen molar-refractivity contribution in [2.24, 2.45) is 0 Å². The summed E-state index contributed by atoms with van der Waals surface area (Å²) in [4.78, 5) is 3.38. The number of hydrogen-bond acceptors (Lipinski definition) is 5. The van der Waals surface area contributed by atoms with Crippen LogP contribution < -0.4 is 0 Å². The molecule has 5 heteroatoms. The fraction of sp³-hybridized carbons (Fsp3) is 0.538. The highest BCUT2D eigenvalue weighted by Crippen LogP contribution is 2.29. The molecule has 1 aromatic rings. The molecule has 0 fully saturated rings. The van der Waals surface area contributed by atoms with Crippen LogP contribution in [0.3, 0.4) is 0 Å². The van der Waals surface area contributed by atoms with E-state index < -0.39 is 0 Å². The molecule has 0 saturated heterocycles. The van der Waals surface area contributed by atoms with E-state index in [4.69, 9.17) is 4.74 Å². The third-order valence-corrected chi connectivity index (χ3v) is 3.77. The second-order valence-electron chi connectivity index (χ2n) is 4.65. The topological polar surface area (TPSA) is 19.0 Å². The summed E-state index contributed by atoms with van der Waals surface area (Å²) in [7, 11) is 6.20. The van der Waals surface area contributed by atoms with Gasteiger partial charge in [0, 0.05) is 26.3 Å². The molecule has 1 aliphatic rings. The summed E-state index contributed by atoms with van der Waals surface area (Å²) in [5, 5.41) is 6.42. The molecule has 0 spiro atoms. The Labute approximate surface area is 113 Å². The zero-order valence-electron chi connectivity index (χ0n) is 11.2. The first-order valence-corrected chi connectivity index (χ1v) is 7.02. The lowest BCUT2D eigenvalue weighted by Gasteiger charge is -2.33. The lowest BCUT2D eigenvalue weighted by Crippen LogP contribution is -2.36. The number of hydrazine groups is 1. The van der Waals surface area contributed by atoms with Crippen LogP contribution in [0.1, 0.15) is 11.1 Å². The Morgan fingerprint density at radius 1 is 1.50 bits per heavy atom. The van der Waals surface area contributed by atoms with E-state index in [2.05, 4.69) is 65.8 Å². The van der Waals surface area contributed by atoms with E-state index in [9.17, 15) is 0 Å². The second kappa shape index (κ2) is 6.33. The van der Waals surface area contributed by atoms with E-state index in [1.165, 1.54) is 4.88 Å². The molecule has 1 aromatic heterocycles. The third-order valence-electron chi connectivity index (χ3n) is 2.86. The number of hydrogen-bond donors (Lipinski definition) is 0. The standard InChI is InChI=1S/C13H21N3OS/c1-14(2)9-10-17-13(12-6-4-11-18-12)16-8-5-7-15(16)3/h4-6,8,11,13H,7,9-10H2,1-3H3. The van der Waals surface area contributed by atoms with Gasteiger partial charge >= 0.3 is 0 Å². The molecule has 0 N–H and O–H groups in total. The van der Waals surface area contributed by atoms with E-state index in [0.717, 1.165) is 19.7 Å². The molecule has 0 bridgehead atoms. The Morgan fingerprint density at radius 3 is 2.89 bits per heavy atom. The van der Waals surface area contributed by atoms with Gasteiger partial charge in [-0.05, 0) is 25.5 Å². The molecule has 0 aliphatic carbocycles. The van der Waals surface area contributed by atoms with Crippen LogP contribution in [0.15, 0.2) is 29.8 Å². The van der Waals surface area contributed by atoms with Crippen LogP contribution in [0.2, 0.25) is 0 Å². The Morgan fingerprint density at radius 2 is 2.33 bits per heavy atom. The molecule has 1 unspecified atom stereocenters. The Bertz CT molecular complexity index is 378. The zero-order chi connectivity index (χ0) is 13.0. The van der Waals surface area contributed by atoms with Gasteiger partial charge in [0.15, 0.2) is 6.23 Å². The number of thiophene rings is 1. The van der Waals surface area contributed by atoms with Crippen LogP contribution in [-0.2, 0) is 4.74 Å². The van der Waals surface area contributed by atoms with Gasteiger partial charge in [0.1, 0.15) is 0 Å². The predicted molar refractivity (Wildman–Crippen MR) is 75.2 cm³/mol. The smallest absolute Gasteiger partial charge is 0.178 e. The maximum Gasteiger partial charge on any atom is 0.178 e. The summed E-state index contributed by atoms with van der Waals surface area (Å²) in [5.74, 6) is 0. The summed E-state index contributed by atoms with van der Waals surface area (Å²) in [6, 6.07) is 4.20. The van der Waals surface area contributed by atoms with E-state index in [1.54, 1.807) is 11.3 Å². The van der Waals surface area contributed by atoms with Gasteiger partial charge in [-0.1, -0.05) is 12.1 Å². The van der Waals surface area contributed by atoms with E-state index in [0.29, 0.717) is 0 Å². The molecule has 1 aliphatic heterocycles. The van der Waals surface area contributed by atoms with Crippen LogP contribution in [0.4, 0.5) is 0 Å². The highest BCUT2D eigenvalue weighted by molar-refractivity contribution is 7.10. The van der Waals surface area contributed by atoms with E-state index in [1.807, 2.05) is 0 Å². The lowest BCUT2D eigenvalue weighted by molar-refractivity contribution is -0.118. The highest BCUT2D eigenvalue weighted by atomic mass is 32.1. The zero-order valence-corrected chi connectivity index (χ0v) is 12.1. The molecule has 1 atom stereocenters. The minimum Gasteiger partial charge on any atom is -0.350 e. The van der Waals surface area contributed by atoms with Crippen molar-refractivity contribution in [2.75, 3.05) is 40.8 Å². The minimum atomic E-state index is -0.00583. The first kappa shape index (κ1) is 13.5. The van der Waals surface area contributed by atoms with Gasteiger partial charge < -0.3 is 9.64 Å². The maximum atomic E-state index is 6.05. The summed E-state index contributed by atoms with van der Waals surface area (Å²) < 4.78 is 6.05. The van der Waals surface area contributed by atoms with Gasteiger partial charge in [-0.3, -0.25) is 5.01 Å². The van der Waals surface area contributed by atoms with Crippen molar-refractivity contribution in [1.29, 1.82) is 0 Å². The van der Waals surface area contributed by atoms with E-state index >= 15 is 0 Å².